The molecule has 0 atom stereocenters. The van der Waals surface area contributed by atoms with E-state index >= 15 is 0 Å². The highest BCUT2D eigenvalue weighted by Gasteiger charge is 2.15. The average Bonchev–Trinajstić information content (AvgIpc) is 2.37. The van der Waals surface area contributed by atoms with Crippen LogP contribution in [0.25, 0.3) is 0 Å². The Morgan fingerprint density at radius 2 is 2.00 bits per heavy atom. The molecule has 0 saturated heterocycles. The molecule has 2 rings (SSSR count). The summed E-state index contributed by atoms with van der Waals surface area (Å²) in [5.74, 6) is -1.80. The minimum atomic E-state index is -1.20. The van der Waals surface area contributed by atoms with Crippen LogP contribution in [0.4, 0.5) is 5.69 Å². The first-order chi connectivity index (χ1) is 9.88. The number of hydrogen-bond donors (Lipinski definition) is 3. The molecule has 0 unspecified atom stereocenters. The second kappa shape index (κ2) is 5.58. The third kappa shape index (κ3) is 3.14. The van der Waals surface area contributed by atoms with Crippen LogP contribution in [-0.2, 0) is 0 Å². The smallest absolute Gasteiger partial charge is 0.354 e. The van der Waals surface area contributed by atoms with Crippen LogP contribution < -0.4 is 10.9 Å². The highest BCUT2D eigenvalue weighted by atomic mass is 16.4. The maximum atomic E-state index is 12.1. The number of carboxylic acid groups (broad SMARTS) is 1. The van der Waals surface area contributed by atoms with Gasteiger partial charge in [-0.1, -0.05) is 0 Å². The van der Waals surface area contributed by atoms with Gasteiger partial charge in [-0.05, 0) is 37.6 Å². The zero-order valence-corrected chi connectivity index (χ0v) is 11.4. The van der Waals surface area contributed by atoms with Crippen molar-refractivity contribution in [1.29, 1.82) is 0 Å². The fourth-order valence-corrected chi connectivity index (χ4v) is 1.95. The van der Waals surface area contributed by atoms with E-state index in [4.69, 9.17) is 5.11 Å². The largest absolute Gasteiger partial charge is 0.477 e. The molecule has 0 radical (unpaired) electrons. The summed E-state index contributed by atoms with van der Waals surface area (Å²) in [4.78, 5) is 41.0. The van der Waals surface area contributed by atoms with E-state index in [1.165, 1.54) is 18.3 Å². The van der Waals surface area contributed by atoms with Crippen molar-refractivity contribution in [1.82, 2.24) is 9.97 Å². The van der Waals surface area contributed by atoms with Gasteiger partial charge >= 0.3 is 5.97 Å². The molecule has 7 nitrogen and oxygen atoms in total. The van der Waals surface area contributed by atoms with Crippen LogP contribution in [0.3, 0.4) is 0 Å². The van der Waals surface area contributed by atoms with Crippen molar-refractivity contribution in [2.75, 3.05) is 5.32 Å². The molecule has 1 amide bonds. The van der Waals surface area contributed by atoms with E-state index in [-0.39, 0.29) is 16.9 Å². The molecule has 0 spiro atoms. The van der Waals surface area contributed by atoms with Crippen molar-refractivity contribution in [3.05, 3.63) is 57.3 Å². The molecule has 0 aromatic carbocycles. The summed E-state index contributed by atoms with van der Waals surface area (Å²) in [6.45, 7) is 3.38. The fourth-order valence-electron chi connectivity index (χ4n) is 1.95. The number of aromatic nitrogens is 2. The average molecular weight is 287 g/mol. The first-order valence-electron chi connectivity index (χ1n) is 6.09. The number of pyridine rings is 2. The second-order valence-electron chi connectivity index (χ2n) is 4.53. The number of rotatable bonds is 3. The van der Waals surface area contributed by atoms with Gasteiger partial charge in [0.1, 0.15) is 11.3 Å². The number of H-pyrrole nitrogens is 1. The lowest BCUT2D eigenvalue weighted by Crippen LogP contribution is -2.25. The summed E-state index contributed by atoms with van der Waals surface area (Å²) in [5.41, 5.74) is 0.772. The normalized spacial score (nSPS) is 10.2. The Balaban J connectivity index is 2.33. The van der Waals surface area contributed by atoms with E-state index in [2.05, 4.69) is 15.3 Å². The van der Waals surface area contributed by atoms with Crippen molar-refractivity contribution in [3.63, 3.8) is 0 Å². The molecular formula is C14H13N3O4. The predicted molar refractivity (Wildman–Crippen MR) is 75.7 cm³/mol. The summed E-state index contributed by atoms with van der Waals surface area (Å²) < 4.78 is 0. The Labute approximate surface area is 119 Å². The lowest BCUT2D eigenvalue weighted by Gasteiger charge is -2.08. The molecular weight excluding hydrogens is 274 g/mol. The van der Waals surface area contributed by atoms with Gasteiger partial charge in [-0.15, -0.1) is 0 Å². The summed E-state index contributed by atoms with van der Waals surface area (Å²) in [6, 6.07) is 4.35. The number of nitrogens with one attached hydrogen (secondary N) is 2. The maximum Gasteiger partial charge on any atom is 0.354 e. The van der Waals surface area contributed by atoms with E-state index in [9.17, 15) is 14.4 Å². The van der Waals surface area contributed by atoms with Crippen molar-refractivity contribution < 1.29 is 14.7 Å². The fraction of sp³-hybridized carbons (Fsp3) is 0.143. The standard InChI is InChI=1S/C14H13N3O4/c1-7-5-8(2)16-12(18)11(7)13(19)17-9-3-4-15-10(6-9)14(20)21/h3-6H,1-2H3,(H,16,18)(H,20,21)(H,15,17,19). The van der Waals surface area contributed by atoms with Crippen LogP contribution >= 0.6 is 0 Å². The molecule has 0 fully saturated rings. The van der Waals surface area contributed by atoms with E-state index in [0.29, 0.717) is 11.3 Å². The molecule has 0 bridgehead atoms. The quantitative estimate of drug-likeness (QED) is 0.788. The van der Waals surface area contributed by atoms with Crippen LogP contribution in [0.15, 0.2) is 29.2 Å². The zero-order valence-electron chi connectivity index (χ0n) is 11.4. The Kier molecular flexibility index (Phi) is 3.84. The predicted octanol–water partition coefficient (Wildman–Crippen LogP) is 1.34. The minimum Gasteiger partial charge on any atom is -0.477 e. The number of anilines is 1. The number of nitrogens with zero attached hydrogens (tertiary/aromatic N) is 1. The molecule has 2 aromatic rings. The Morgan fingerprint density at radius 1 is 1.29 bits per heavy atom. The second-order valence-corrected chi connectivity index (χ2v) is 4.53. The lowest BCUT2D eigenvalue weighted by atomic mass is 10.1. The Bertz CT molecular complexity index is 780. The number of carbonyl (C=O) groups excluding carboxylic acids is 1. The SMILES string of the molecule is Cc1cc(C)c(C(=O)Nc2ccnc(C(=O)O)c2)c(=O)[nH]1. The van der Waals surface area contributed by atoms with Gasteiger partial charge in [-0.25, -0.2) is 9.78 Å². The molecule has 21 heavy (non-hydrogen) atoms. The number of aryl methyl sites for hydroxylation is 2. The van der Waals surface area contributed by atoms with Crippen LogP contribution in [-0.4, -0.2) is 27.0 Å². The van der Waals surface area contributed by atoms with E-state index < -0.39 is 17.4 Å². The topological polar surface area (TPSA) is 112 Å². The van der Waals surface area contributed by atoms with Crippen molar-refractivity contribution >= 4 is 17.6 Å². The molecule has 0 aliphatic carbocycles. The number of hydrogen-bond acceptors (Lipinski definition) is 4. The Morgan fingerprint density at radius 3 is 2.62 bits per heavy atom. The van der Waals surface area contributed by atoms with E-state index in [1.54, 1.807) is 19.9 Å². The van der Waals surface area contributed by atoms with Gasteiger partial charge in [0.2, 0.25) is 0 Å². The Hall–Kier alpha value is -2.96. The molecule has 0 aliphatic heterocycles. The lowest BCUT2D eigenvalue weighted by molar-refractivity contribution is 0.0690. The number of carboxylic acids is 1. The molecule has 2 aromatic heterocycles. The minimum absolute atomic E-state index is 0.00529. The van der Waals surface area contributed by atoms with E-state index in [0.717, 1.165) is 0 Å². The first-order valence-corrected chi connectivity index (χ1v) is 6.09. The summed E-state index contributed by atoms with van der Waals surface area (Å²) >= 11 is 0. The molecule has 0 aliphatic rings. The molecule has 2 heterocycles. The molecule has 108 valence electrons. The maximum absolute atomic E-state index is 12.1. The number of aromatic amines is 1. The highest BCUT2D eigenvalue weighted by molar-refractivity contribution is 6.05. The summed E-state index contributed by atoms with van der Waals surface area (Å²) in [5, 5.41) is 11.3. The van der Waals surface area contributed by atoms with Gasteiger partial charge in [-0.2, -0.15) is 0 Å². The van der Waals surface area contributed by atoms with Gasteiger partial charge in [-0.3, -0.25) is 9.59 Å². The van der Waals surface area contributed by atoms with Gasteiger partial charge in [0, 0.05) is 17.6 Å². The van der Waals surface area contributed by atoms with E-state index in [1.807, 2.05) is 0 Å². The van der Waals surface area contributed by atoms with Gasteiger partial charge < -0.3 is 15.4 Å². The van der Waals surface area contributed by atoms with Crippen molar-refractivity contribution in [2.45, 2.75) is 13.8 Å². The molecule has 7 heteroatoms. The number of carbonyl (C=O) groups is 2. The monoisotopic (exact) mass is 287 g/mol. The number of amides is 1. The van der Waals surface area contributed by atoms with Crippen LogP contribution in [0.5, 0.6) is 0 Å². The van der Waals surface area contributed by atoms with Crippen LogP contribution in [0.2, 0.25) is 0 Å². The van der Waals surface area contributed by atoms with Gasteiger partial charge in [0.15, 0.2) is 0 Å². The summed E-state index contributed by atoms with van der Waals surface area (Å²) in [7, 11) is 0. The van der Waals surface area contributed by atoms with Crippen LogP contribution in [0.1, 0.15) is 32.1 Å². The first kappa shape index (κ1) is 14.4. The van der Waals surface area contributed by atoms with Crippen LogP contribution in [0, 0.1) is 13.8 Å². The molecule has 3 N–H and O–H groups in total. The zero-order chi connectivity index (χ0) is 15.6. The van der Waals surface area contributed by atoms with Crippen molar-refractivity contribution in [3.8, 4) is 0 Å². The third-order valence-electron chi connectivity index (χ3n) is 2.83. The van der Waals surface area contributed by atoms with Gasteiger partial charge in [0.25, 0.3) is 11.5 Å². The van der Waals surface area contributed by atoms with Gasteiger partial charge in [0.05, 0.1) is 0 Å². The number of aromatic carboxylic acids is 1. The molecule has 0 saturated carbocycles. The van der Waals surface area contributed by atoms with Crippen molar-refractivity contribution in [2.24, 2.45) is 0 Å². The summed E-state index contributed by atoms with van der Waals surface area (Å²) in [6.07, 6.45) is 1.27. The third-order valence-corrected chi connectivity index (χ3v) is 2.83. The highest BCUT2D eigenvalue weighted by Crippen LogP contribution is 2.11.